The number of hydrogen-bond acceptors (Lipinski definition) is 3. The number of carbonyl (C=O) groups is 1. The van der Waals surface area contributed by atoms with E-state index in [1.54, 1.807) is 0 Å². The summed E-state index contributed by atoms with van der Waals surface area (Å²) in [6.45, 7) is 12.9. The maximum Gasteiger partial charge on any atom is 0.410 e. The average molecular weight is 370 g/mol. The Kier molecular flexibility index (Phi) is 4.46. The van der Waals surface area contributed by atoms with Crippen LogP contribution in [-0.4, -0.2) is 52.1 Å². The van der Waals surface area contributed by atoms with E-state index in [9.17, 15) is 4.79 Å². The summed E-state index contributed by atoms with van der Waals surface area (Å²) >= 11 is 0. The van der Waals surface area contributed by atoms with Crippen molar-refractivity contribution in [3.05, 3.63) is 41.7 Å². The van der Waals surface area contributed by atoms with Gasteiger partial charge in [-0.1, -0.05) is 6.07 Å². The first-order valence-corrected chi connectivity index (χ1v) is 10.0. The molecule has 1 amide bonds. The Hall–Kier alpha value is -2.01. The predicted molar refractivity (Wildman–Crippen MR) is 107 cm³/mol. The fourth-order valence-corrected chi connectivity index (χ4v) is 4.55. The normalized spacial score (nSPS) is 20.1. The largest absolute Gasteiger partial charge is 0.444 e. The van der Waals surface area contributed by atoms with Gasteiger partial charge in [0.05, 0.1) is 0 Å². The Balaban J connectivity index is 1.32. The summed E-state index contributed by atoms with van der Waals surface area (Å²) in [6.07, 6.45) is 4.16. The van der Waals surface area contributed by atoms with Gasteiger partial charge in [0, 0.05) is 50.1 Å². The van der Waals surface area contributed by atoms with Gasteiger partial charge in [-0.25, -0.2) is 4.79 Å². The number of aryl methyl sites for hydroxylation is 1. The summed E-state index contributed by atoms with van der Waals surface area (Å²) in [5.74, 6) is 0. The number of likely N-dealkylation sites (tertiary alicyclic amines) is 2. The van der Waals surface area contributed by atoms with Gasteiger partial charge in [0.2, 0.25) is 0 Å². The molecular weight excluding hydrogens is 338 g/mol. The standard InChI is InChI=1S/C22H31N3O2/c1-17-13-18-7-5-6-10-25(18)19(17)14-23-15-22(16-23)8-11-24(12-9-22)20(26)27-21(2,3)4/h5-7,10,13H,8-9,11-12,14-16H2,1-4H3. The number of rotatable bonds is 2. The topological polar surface area (TPSA) is 37.2 Å². The molecule has 0 saturated carbocycles. The molecule has 2 aliphatic heterocycles. The van der Waals surface area contributed by atoms with Crippen molar-refractivity contribution in [2.75, 3.05) is 26.2 Å². The van der Waals surface area contributed by atoms with Gasteiger partial charge in [-0.05, 0) is 69.7 Å². The maximum absolute atomic E-state index is 12.3. The lowest BCUT2D eigenvalue weighted by Gasteiger charge is -2.54. The Labute approximate surface area is 161 Å². The molecule has 0 bridgehead atoms. The molecule has 5 heteroatoms. The van der Waals surface area contributed by atoms with Gasteiger partial charge in [0.15, 0.2) is 0 Å². The van der Waals surface area contributed by atoms with Crippen molar-refractivity contribution < 1.29 is 9.53 Å². The van der Waals surface area contributed by atoms with Crippen LogP contribution in [0.25, 0.3) is 5.52 Å². The van der Waals surface area contributed by atoms with Crippen LogP contribution in [0.4, 0.5) is 4.79 Å². The maximum atomic E-state index is 12.3. The molecule has 0 unspecified atom stereocenters. The molecule has 0 N–H and O–H groups in total. The number of piperidine rings is 1. The fraction of sp³-hybridized carbons (Fsp3) is 0.591. The van der Waals surface area contributed by atoms with Crippen molar-refractivity contribution in [2.45, 2.75) is 52.7 Å². The minimum Gasteiger partial charge on any atom is -0.444 e. The monoisotopic (exact) mass is 369 g/mol. The highest BCUT2D eigenvalue weighted by molar-refractivity contribution is 5.68. The van der Waals surface area contributed by atoms with Crippen LogP contribution in [0.15, 0.2) is 30.5 Å². The SMILES string of the molecule is Cc1cc2ccccn2c1CN1CC2(CCN(C(=O)OC(C)(C)C)CC2)C1. The van der Waals surface area contributed by atoms with Crippen LogP contribution in [0, 0.1) is 12.3 Å². The minimum atomic E-state index is -0.419. The molecule has 2 fully saturated rings. The van der Waals surface area contributed by atoms with Gasteiger partial charge in [0.1, 0.15) is 5.60 Å². The molecule has 4 heterocycles. The number of fused-ring (bicyclic) bond motifs is 1. The van der Waals surface area contributed by atoms with Crippen LogP contribution in [0.3, 0.4) is 0 Å². The molecule has 0 aliphatic carbocycles. The third-order valence-corrected chi connectivity index (χ3v) is 5.97. The molecule has 0 atom stereocenters. The van der Waals surface area contributed by atoms with Crippen LogP contribution >= 0.6 is 0 Å². The summed E-state index contributed by atoms with van der Waals surface area (Å²) in [6, 6.07) is 8.63. The third-order valence-electron chi connectivity index (χ3n) is 5.97. The summed E-state index contributed by atoms with van der Waals surface area (Å²) in [5.41, 5.74) is 4.00. The number of carbonyl (C=O) groups excluding carboxylic acids is 1. The van der Waals surface area contributed by atoms with Gasteiger partial charge in [-0.3, -0.25) is 4.90 Å². The van der Waals surface area contributed by atoms with Crippen molar-refractivity contribution in [3.8, 4) is 0 Å². The number of pyridine rings is 1. The number of amides is 1. The highest BCUT2D eigenvalue weighted by Crippen LogP contribution is 2.41. The molecule has 0 radical (unpaired) electrons. The molecule has 0 aromatic carbocycles. The Morgan fingerprint density at radius 3 is 2.56 bits per heavy atom. The zero-order chi connectivity index (χ0) is 19.2. The Morgan fingerprint density at radius 2 is 1.89 bits per heavy atom. The van der Waals surface area contributed by atoms with E-state index in [1.165, 1.54) is 16.8 Å². The van der Waals surface area contributed by atoms with Crippen LogP contribution < -0.4 is 0 Å². The summed E-state index contributed by atoms with van der Waals surface area (Å²) < 4.78 is 7.83. The van der Waals surface area contributed by atoms with Gasteiger partial charge in [-0.15, -0.1) is 0 Å². The molecule has 2 aliphatic rings. The molecule has 4 rings (SSSR count). The molecule has 1 spiro atoms. The lowest BCUT2D eigenvalue weighted by atomic mass is 9.72. The quantitative estimate of drug-likeness (QED) is 0.800. The molecule has 146 valence electrons. The van der Waals surface area contributed by atoms with Crippen molar-refractivity contribution >= 4 is 11.6 Å². The van der Waals surface area contributed by atoms with E-state index in [1.807, 2.05) is 25.7 Å². The Bertz CT molecular complexity index is 833. The first kappa shape index (κ1) is 18.4. The minimum absolute atomic E-state index is 0.163. The lowest BCUT2D eigenvalue weighted by molar-refractivity contribution is -0.0556. The number of ether oxygens (including phenoxy) is 1. The van der Waals surface area contributed by atoms with E-state index in [0.29, 0.717) is 5.41 Å². The second-order valence-electron chi connectivity index (χ2n) is 9.38. The van der Waals surface area contributed by atoms with Gasteiger partial charge >= 0.3 is 6.09 Å². The van der Waals surface area contributed by atoms with E-state index >= 15 is 0 Å². The second kappa shape index (κ2) is 6.55. The van der Waals surface area contributed by atoms with Gasteiger partial charge in [0.25, 0.3) is 0 Å². The number of aromatic nitrogens is 1. The van der Waals surface area contributed by atoms with Crippen LogP contribution in [0.5, 0.6) is 0 Å². The van der Waals surface area contributed by atoms with Crippen molar-refractivity contribution in [1.29, 1.82) is 0 Å². The van der Waals surface area contributed by atoms with E-state index in [4.69, 9.17) is 4.74 Å². The number of hydrogen-bond donors (Lipinski definition) is 0. The van der Waals surface area contributed by atoms with Crippen molar-refractivity contribution in [2.24, 2.45) is 5.41 Å². The molecule has 2 aromatic heterocycles. The molecule has 27 heavy (non-hydrogen) atoms. The zero-order valence-corrected chi connectivity index (χ0v) is 17.0. The second-order valence-corrected chi connectivity index (χ2v) is 9.38. The predicted octanol–water partition coefficient (Wildman–Crippen LogP) is 4.08. The Morgan fingerprint density at radius 1 is 1.19 bits per heavy atom. The lowest BCUT2D eigenvalue weighted by Crippen LogP contribution is -2.60. The van der Waals surface area contributed by atoms with E-state index < -0.39 is 5.60 Å². The highest BCUT2D eigenvalue weighted by atomic mass is 16.6. The molecule has 2 aromatic rings. The first-order valence-electron chi connectivity index (χ1n) is 10.0. The van der Waals surface area contributed by atoms with E-state index in [0.717, 1.165) is 45.6 Å². The van der Waals surface area contributed by atoms with Gasteiger partial charge < -0.3 is 14.0 Å². The molecule has 5 nitrogen and oxygen atoms in total. The van der Waals surface area contributed by atoms with Crippen LogP contribution in [0.2, 0.25) is 0 Å². The van der Waals surface area contributed by atoms with Crippen molar-refractivity contribution in [1.82, 2.24) is 14.2 Å². The van der Waals surface area contributed by atoms with Crippen LogP contribution in [-0.2, 0) is 11.3 Å². The molecular formula is C22H31N3O2. The third kappa shape index (κ3) is 3.70. The smallest absolute Gasteiger partial charge is 0.410 e. The van der Waals surface area contributed by atoms with E-state index in [2.05, 4.69) is 46.7 Å². The van der Waals surface area contributed by atoms with Gasteiger partial charge in [-0.2, -0.15) is 0 Å². The highest BCUT2D eigenvalue weighted by Gasteiger charge is 2.45. The average Bonchev–Trinajstić information content (AvgIpc) is 2.88. The fourth-order valence-electron chi connectivity index (χ4n) is 4.55. The molecule has 2 saturated heterocycles. The summed E-state index contributed by atoms with van der Waals surface area (Å²) in [4.78, 5) is 16.7. The van der Waals surface area contributed by atoms with Crippen LogP contribution in [0.1, 0.15) is 44.9 Å². The van der Waals surface area contributed by atoms with Crippen molar-refractivity contribution in [3.63, 3.8) is 0 Å². The van der Waals surface area contributed by atoms with E-state index in [-0.39, 0.29) is 6.09 Å². The first-order chi connectivity index (χ1) is 12.7. The zero-order valence-electron chi connectivity index (χ0n) is 17.0. The number of nitrogens with zero attached hydrogens (tertiary/aromatic N) is 3. The summed E-state index contributed by atoms with van der Waals surface area (Å²) in [7, 11) is 0. The summed E-state index contributed by atoms with van der Waals surface area (Å²) in [5, 5.41) is 0.